The highest BCUT2D eigenvalue weighted by Gasteiger charge is 2.20. The van der Waals surface area contributed by atoms with Crippen molar-refractivity contribution in [2.75, 3.05) is 0 Å². The lowest BCUT2D eigenvalue weighted by molar-refractivity contribution is 0.415. The Morgan fingerprint density at radius 3 is 2.09 bits per heavy atom. The van der Waals surface area contributed by atoms with Gasteiger partial charge in [0, 0.05) is 11.1 Å². The van der Waals surface area contributed by atoms with E-state index in [0.29, 0.717) is 12.8 Å². The van der Waals surface area contributed by atoms with Gasteiger partial charge in [0.25, 0.3) is 0 Å². The smallest absolute Gasteiger partial charge is 0.201 e. The molecule has 0 radical (unpaired) electrons. The van der Waals surface area contributed by atoms with Crippen molar-refractivity contribution in [3.8, 4) is 16.9 Å². The first-order chi connectivity index (χ1) is 11.0. The molecule has 2 rings (SSSR count). The molecule has 0 saturated heterocycles. The number of benzene rings is 2. The van der Waals surface area contributed by atoms with Crippen LogP contribution in [0.15, 0.2) is 36.6 Å². The summed E-state index contributed by atoms with van der Waals surface area (Å²) in [6.07, 6.45) is 3.72. The second-order valence-corrected chi connectivity index (χ2v) is 4.98. The summed E-state index contributed by atoms with van der Waals surface area (Å²) < 4.78 is 61.2. The van der Waals surface area contributed by atoms with Crippen LogP contribution in [0.4, 0.5) is 17.6 Å². The maximum Gasteiger partial charge on any atom is 0.201 e. The maximum atomic E-state index is 14.2. The Kier molecular flexibility index (Phi) is 5.42. The van der Waals surface area contributed by atoms with Crippen molar-refractivity contribution < 1.29 is 22.3 Å². The van der Waals surface area contributed by atoms with E-state index in [-0.39, 0.29) is 22.4 Å². The van der Waals surface area contributed by atoms with Crippen molar-refractivity contribution in [2.45, 2.75) is 26.7 Å². The van der Waals surface area contributed by atoms with Crippen LogP contribution in [-0.2, 0) is 6.42 Å². The molecule has 0 aliphatic carbocycles. The van der Waals surface area contributed by atoms with Crippen LogP contribution in [0.25, 0.3) is 11.1 Å². The number of hydrogen-bond acceptors (Lipinski definition) is 1. The molecule has 0 heterocycles. The van der Waals surface area contributed by atoms with E-state index in [1.54, 1.807) is 6.92 Å². The fourth-order valence-corrected chi connectivity index (χ4v) is 2.23. The first-order valence-electron chi connectivity index (χ1n) is 7.24. The maximum absolute atomic E-state index is 14.2. The number of ether oxygens (including phenoxy) is 1. The summed E-state index contributed by atoms with van der Waals surface area (Å²) in [5.41, 5.74) is -0.464. The SMILES string of the molecule is CC=COc1ccc(-c2ccc(CCC)c(F)c2F)c(F)c1F. The molecule has 0 saturated carbocycles. The Morgan fingerprint density at radius 2 is 1.48 bits per heavy atom. The zero-order valence-electron chi connectivity index (χ0n) is 12.8. The van der Waals surface area contributed by atoms with Gasteiger partial charge < -0.3 is 4.74 Å². The average Bonchev–Trinajstić information content (AvgIpc) is 2.54. The van der Waals surface area contributed by atoms with Crippen LogP contribution < -0.4 is 4.74 Å². The molecule has 0 spiro atoms. The van der Waals surface area contributed by atoms with Gasteiger partial charge in [0.2, 0.25) is 5.82 Å². The minimum absolute atomic E-state index is 0.211. The van der Waals surface area contributed by atoms with Gasteiger partial charge in [-0.2, -0.15) is 4.39 Å². The van der Waals surface area contributed by atoms with E-state index in [9.17, 15) is 17.6 Å². The van der Waals surface area contributed by atoms with Gasteiger partial charge in [0.15, 0.2) is 23.2 Å². The van der Waals surface area contributed by atoms with Crippen LogP contribution in [0.2, 0.25) is 0 Å². The van der Waals surface area contributed by atoms with E-state index in [4.69, 9.17) is 4.74 Å². The van der Waals surface area contributed by atoms with E-state index in [2.05, 4.69) is 0 Å². The highest BCUT2D eigenvalue weighted by Crippen LogP contribution is 2.33. The first-order valence-corrected chi connectivity index (χ1v) is 7.24. The van der Waals surface area contributed by atoms with Gasteiger partial charge in [-0.05, 0) is 31.0 Å². The largest absolute Gasteiger partial charge is 0.462 e. The van der Waals surface area contributed by atoms with Gasteiger partial charge >= 0.3 is 0 Å². The zero-order valence-corrected chi connectivity index (χ0v) is 12.8. The molecule has 5 heteroatoms. The summed E-state index contributed by atoms with van der Waals surface area (Å²) in [6.45, 7) is 3.49. The van der Waals surface area contributed by atoms with Gasteiger partial charge in [-0.1, -0.05) is 31.6 Å². The molecule has 23 heavy (non-hydrogen) atoms. The molecule has 0 bridgehead atoms. The van der Waals surface area contributed by atoms with Gasteiger partial charge in [0.05, 0.1) is 6.26 Å². The summed E-state index contributed by atoms with van der Waals surface area (Å²) in [4.78, 5) is 0. The zero-order chi connectivity index (χ0) is 17.0. The van der Waals surface area contributed by atoms with Crippen molar-refractivity contribution in [3.05, 3.63) is 65.4 Å². The summed E-state index contributed by atoms with van der Waals surface area (Å²) in [5.74, 6) is -5.07. The quantitative estimate of drug-likeness (QED) is 0.501. The predicted octanol–water partition coefficient (Wildman–Crippen LogP) is 5.77. The number of halogens is 4. The minimum atomic E-state index is -1.28. The standard InChI is InChI=1S/C18H16F4O/c1-3-5-11-6-7-12(16(20)15(11)19)13-8-9-14(23-10-4-2)18(22)17(13)21/h4,6-10H,3,5H2,1-2H3. The van der Waals surface area contributed by atoms with E-state index in [0.717, 1.165) is 6.07 Å². The molecule has 2 aromatic carbocycles. The first kappa shape index (κ1) is 17.1. The number of hydrogen-bond donors (Lipinski definition) is 0. The summed E-state index contributed by atoms with van der Waals surface area (Å²) in [5, 5.41) is 0. The fraction of sp³-hybridized carbons (Fsp3) is 0.222. The Morgan fingerprint density at radius 1 is 0.870 bits per heavy atom. The summed E-state index contributed by atoms with van der Waals surface area (Å²) in [7, 11) is 0. The molecule has 122 valence electrons. The topological polar surface area (TPSA) is 9.23 Å². The van der Waals surface area contributed by atoms with Crippen LogP contribution in [0.1, 0.15) is 25.8 Å². The Balaban J connectivity index is 2.51. The van der Waals surface area contributed by atoms with Gasteiger partial charge in [-0.3, -0.25) is 0 Å². The Labute approximate surface area is 132 Å². The molecule has 1 nitrogen and oxygen atoms in total. The second kappa shape index (κ2) is 7.31. The number of rotatable bonds is 5. The van der Waals surface area contributed by atoms with E-state index < -0.39 is 23.3 Å². The lowest BCUT2D eigenvalue weighted by Gasteiger charge is -2.11. The molecule has 0 unspecified atom stereocenters. The monoisotopic (exact) mass is 324 g/mol. The van der Waals surface area contributed by atoms with Gasteiger partial charge in [0.1, 0.15) is 0 Å². The highest BCUT2D eigenvalue weighted by molar-refractivity contribution is 5.66. The van der Waals surface area contributed by atoms with Crippen molar-refractivity contribution in [1.29, 1.82) is 0 Å². The minimum Gasteiger partial charge on any atom is -0.462 e. The van der Waals surface area contributed by atoms with Crippen LogP contribution >= 0.6 is 0 Å². The molecule has 0 aliphatic rings. The Bertz CT molecular complexity index is 738. The van der Waals surface area contributed by atoms with Crippen LogP contribution in [0, 0.1) is 23.3 Å². The third kappa shape index (κ3) is 3.38. The van der Waals surface area contributed by atoms with Crippen molar-refractivity contribution in [3.63, 3.8) is 0 Å². The molecule has 0 fully saturated rings. The normalized spacial score (nSPS) is 11.2. The lowest BCUT2D eigenvalue weighted by Crippen LogP contribution is -2.00. The van der Waals surface area contributed by atoms with Gasteiger partial charge in [-0.15, -0.1) is 0 Å². The van der Waals surface area contributed by atoms with Crippen LogP contribution in [0.3, 0.4) is 0 Å². The molecule has 0 aliphatic heterocycles. The fourth-order valence-electron chi connectivity index (χ4n) is 2.23. The molecule has 2 aromatic rings. The third-order valence-electron chi connectivity index (χ3n) is 3.35. The second-order valence-electron chi connectivity index (χ2n) is 4.98. The third-order valence-corrected chi connectivity index (χ3v) is 3.35. The van der Waals surface area contributed by atoms with E-state index in [1.807, 2.05) is 6.92 Å². The van der Waals surface area contributed by atoms with Crippen LogP contribution in [0.5, 0.6) is 5.75 Å². The Hall–Kier alpha value is -2.30. The van der Waals surface area contributed by atoms with E-state index in [1.165, 1.54) is 30.5 Å². The predicted molar refractivity (Wildman–Crippen MR) is 81.1 cm³/mol. The molecular formula is C18H16F4O. The number of aryl methyl sites for hydroxylation is 1. The summed E-state index contributed by atoms with van der Waals surface area (Å²) in [6, 6.07) is 4.98. The molecule has 0 amide bonds. The molecule has 0 aromatic heterocycles. The molecule has 0 N–H and O–H groups in total. The molecule has 0 atom stereocenters. The average molecular weight is 324 g/mol. The number of allylic oxidation sites excluding steroid dienone is 1. The van der Waals surface area contributed by atoms with Crippen molar-refractivity contribution in [1.82, 2.24) is 0 Å². The van der Waals surface area contributed by atoms with E-state index >= 15 is 0 Å². The van der Waals surface area contributed by atoms with Crippen molar-refractivity contribution >= 4 is 0 Å². The van der Waals surface area contributed by atoms with Crippen molar-refractivity contribution in [2.24, 2.45) is 0 Å². The van der Waals surface area contributed by atoms with Crippen LogP contribution in [-0.4, -0.2) is 0 Å². The van der Waals surface area contributed by atoms with Gasteiger partial charge in [-0.25, -0.2) is 13.2 Å². The lowest BCUT2D eigenvalue weighted by atomic mass is 10.00. The highest BCUT2D eigenvalue weighted by atomic mass is 19.2. The molecular weight excluding hydrogens is 308 g/mol. The summed E-state index contributed by atoms with van der Waals surface area (Å²) >= 11 is 0.